The molecule has 6 nitrogen and oxygen atoms in total. The predicted molar refractivity (Wildman–Crippen MR) is 92.5 cm³/mol. The van der Waals surface area contributed by atoms with Crippen LogP contribution in [0.2, 0.25) is 5.02 Å². The Hall–Kier alpha value is -2.00. The van der Waals surface area contributed by atoms with Crippen LogP contribution in [0.4, 0.5) is 10.1 Å². The molecule has 0 spiro atoms. The molecular weight excluding hydrogens is 371 g/mol. The molecule has 0 fully saturated rings. The van der Waals surface area contributed by atoms with E-state index in [0.717, 1.165) is 6.07 Å². The van der Waals surface area contributed by atoms with Crippen molar-refractivity contribution in [3.63, 3.8) is 0 Å². The van der Waals surface area contributed by atoms with E-state index >= 15 is 0 Å². The van der Waals surface area contributed by atoms with Gasteiger partial charge in [-0.05, 0) is 48.9 Å². The number of hydrogen-bond acceptors (Lipinski definition) is 4. The van der Waals surface area contributed by atoms with Crippen LogP contribution in [0.15, 0.2) is 41.3 Å². The highest BCUT2D eigenvalue weighted by atomic mass is 35.5. The highest BCUT2D eigenvalue weighted by molar-refractivity contribution is 7.89. The van der Waals surface area contributed by atoms with Crippen LogP contribution in [-0.2, 0) is 14.9 Å². The number of halogens is 2. The Balaban J connectivity index is 2.38. The van der Waals surface area contributed by atoms with E-state index in [2.05, 4.69) is 5.32 Å². The minimum atomic E-state index is -3.93. The maximum absolute atomic E-state index is 13.1. The van der Waals surface area contributed by atoms with E-state index in [-0.39, 0.29) is 15.5 Å². The molecule has 1 N–H and O–H groups in total. The number of carbonyl (C=O) groups excluding carboxylic acids is 1. The summed E-state index contributed by atoms with van der Waals surface area (Å²) in [5, 5.41) is 2.67. The first-order valence-corrected chi connectivity index (χ1v) is 8.88. The van der Waals surface area contributed by atoms with E-state index in [1.165, 1.54) is 44.5 Å². The topological polar surface area (TPSA) is 75.7 Å². The second-order valence-corrected chi connectivity index (χ2v) is 7.50. The number of rotatable bonds is 5. The normalized spacial score (nSPS) is 11.6. The molecule has 1 amide bonds. The van der Waals surface area contributed by atoms with Gasteiger partial charge in [0.05, 0.1) is 22.6 Å². The molecule has 0 atom stereocenters. The second-order valence-electron chi connectivity index (χ2n) is 5.15. The van der Waals surface area contributed by atoms with Crippen molar-refractivity contribution in [1.82, 2.24) is 4.47 Å². The number of benzene rings is 2. The van der Waals surface area contributed by atoms with Gasteiger partial charge >= 0.3 is 0 Å². The van der Waals surface area contributed by atoms with E-state index in [1.54, 1.807) is 6.92 Å². The first-order chi connectivity index (χ1) is 11.7. The summed E-state index contributed by atoms with van der Waals surface area (Å²) in [6, 6.07) is 7.62. The maximum atomic E-state index is 13.1. The smallest absolute Gasteiger partial charge is 0.264 e. The van der Waals surface area contributed by atoms with Gasteiger partial charge in [0.1, 0.15) is 5.82 Å². The monoisotopic (exact) mass is 386 g/mol. The lowest BCUT2D eigenvalue weighted by molar-refractivity contribution is -0.0258. The van der Waals surface area contributed by atoms with Gasteiger partial charge in [0, 0.05) is 12.7 Å². The van der Waals surface area contributed by atoms with Gasteiger partial charge in [0.25, 0.3) is 15.9 Å². The average molecular weight is 387 g/mol. The molecule has 0 saturated carbocycles. The fourth-order valence-corrected chi connectivity index (χ4v) is 3.25. The number of amides is 1. The number of anilines is 1. The molecule has 9 heteroatoms. The number of carbonyl (C=O) groups is 1. The standard InChI is InChI=1S/C16H16ClFN2O4S/c1-10-8-11(18)4-7-15(10)19-16(21)13-9-12(5-6-14(13)17)25(22,23)20(2)24-3/h4-9H,1-3H3,(H,19,21). The second kappa shape index (κ2) is 7.49. The van der Waals surface area contributed by atoms with Gasteiger partial charge < -0.3 is 5.32 Å². The first-order valence-electron chi connectivity index (χ1n) is 7.07. The molecule has 0 unspecified atom stereocenters. The lowest BCUT2D eigenvalue weighted by Crippen LogP contribution is -2.26. The first kappa shape index (κ1) is 19.3. The van der Waals surface area contributed by atoms with Crippen molar-refractivity contribution in [2.24, 2.45) is 0 Å². The summed E-state index contributed by atoms with van der Waals surface area (Å²) in [6.45, 7) is 1.63. The molecule has 2 aromatic carbocycles. The van der Waals surface area contributed by atoms with Gasteiger partial charge in [-0.1, -0.05) is 16.1 Å². The van der Waals surface area contributed by atoms with Crippen LogP contribution in [-0.4, -0.2) is 33.0 Å². The predicted octanol–water partition coefficient (Wildman–Crippen LogP) is 3.22. The van der Waals surface area contributed by atoms with Crippen LogP contribution in [0.1, 0.15) is 15.9 Å². The van der Waals surface area contributed by atoms with E-state index < -0.39 is 21.7 Å². The van der Waals surface area contributed by atoms with Crippen LogP contribution in [0.5, 0.6) is 0 Å². The molecule has 0 aromatic heterocycles. The summed E-state index contributed by atoms with van der Waals surface area (Å²) in [5.74, 6) is -1.04. The zero-order valence-corrected chi connectivity index (χ0v) is 15.3. The lowest BCUT2D eigenvalue weighted by atomic mass is 10.1. The van der Waals surface area contributed by atoms with E-state index in [4.69, 9.17) is 16.4 Å². The summed E-state index contributed by atoms with van der Waals surface area (Å²) in [4.78, 5) is 17.0. The fourth-order valence-electron chi connectivity index (χ4n) is 2.04. The summed E-state index contributed by atoms with van der Waals surface area (Å²) < 4.78 is 38.4. The lowest BCUT2D eigenvalue weighted by Gasteiger charge is -2.15. The van der Waals surface area contributed by atoms with Gasteiger partial charge in [-0.2, -0.15) is 0 Å². The fraction of sp³-hybridized carbons (Fsp3) is 0.188. The van der Waals surface area contributed by atoms with E-state index in [1.807, 2.05) is 0 Å². The molecule has 0 aliphatic heterocycles. The highest BCUT2D eigenvalue weighted by Gasteiger charge is 2.23. The molecule has 0 radical (unpaired) electrons. The molecule has 134 valence electrons. The van der Waals surface area contributed by atoms with Crippen LogP contribution in [0, 0.1) is 12.7 Å². The van der Waals surface area contributed by atoms with Crippen molar-refractivity contribution in [3.8, 4) is 0 Å². The molecule has 0 heterocycles. The molecule has 0 saturated heterocycles. The van der Waals surface area contributed by atoms with Crippen molar-refractivity contribution in [3.05, 3.63) is 58.4 Å². The van der Waals surface area contributed by atoms with Gasteiger partial charge in [0.15, 0.2) is 0 Å². The number of hydrogen-bond donors (Lipinski definition) is 1. The number of nitrogens with zero attached hydrogens (tertiary/aromatic N) is 1. The molecule has 25 heavy (non-hydrogen) atoms. The Kier molecular flexibility index (Phi) is 5.79. The molecule has 0 aliphatic rings. The summed E-state index contributed by atoms with van der Waals surface area (Å²) >= 11 is 6.03. The van der Waals surface area contributed by atoms with Gasteiger partial charge in [-0.3, -0.25) is 9.63 Å². The van der Waals surface area contributed by atoms with E-state index in [0.29, 0.717) is 15.7 Å². The third kappa shape index (κ3) is 4.16. The highest BCUT2D eigenvalue weighted by Crippen LogP contribution is 2.24. The number of hydroxylamine groups is 1. The zero-order valence-electron chi connectivity index (χ0n) is 13.7. The Morgan fingerprint density at radius 2 is 1.92 bits per heavy atom. The summed E-state index contributed by atoms with van der Waals surface area (Å²) in [7, 11) is -1.49. The third-order valence-electron chi connectivity index (χ3n) is 3.51. The van der Waals surface area contributed by atoms with Gasteiger partial charge in [-0.15, -0.1) is 0 Å². The van der Waals surface area contributed by atoms with Gasteiger partial charge in [-0.25, -0.2) is 12.8 Å². The van der Waals surface area contributed by atoms with Gasteiger partial charge in [0.2, 0.25) is 0 Å². The molecule has 0 aliphatic carbocycles. The summed E-state index contributed by atoms with van der Waals surface area (Å²) in [6.07, 6.45) is 0. The van der Waals surface area contributed by atoms with Crippen molar-refractivity contribution < 1.29 is 22.4 Å². The van der Waals surface area contributed by atoms with Crippen molar-refractivity contribution in [1.29, 1.82) is 0 Å². The Labute approximate surface area is 150 Å². The molecular formula is C16H16ClFN2O4S. The van der Waals surface area contributed by atoms with Crippen molar-refractivity contribution >= 4 is 33.2 Å². The molecule has 2 aromatic rings. The number of sulfonamides is 1. The molecule has 0 bridgehead atoms. The average Bonchev–Trinajstić information content (AvgIpc) is 2.56. The largest absolute Gasteiger partial charge is 0.322 e. The summed E-state index contributed by atoms with van der Waals surface area (Å²) in [5.41, 5.74) is 0.882. The molecule has 2 rings (SSSR count). The SMILES string of the molecule is CON(C)S(=O)(=O)c1ccc(Cl)c(C(=O)Nc2ccc(F)cc2C)c1. The quantitative estimate of drug-likeness (QED) is 0.800. The van der Waals surface area contributed by atoms with Crippen LogP contribution < -0.4 is 5.32 Å². The number of aryl methyl sites for hydroxylation is 1. The minimum absolute atomic E-state index is 0.0315. The Morgan fingerprint density at radius 3 is 2.52 bits per heavy atom. The zero-order chi connectivity index (χ0) is 18.8. The van der Waals surface area contributed by atoms with E-state index in [9.17, 15) is 17.6 Å². The maximum Gasteiger partial charge on any atom is 0.264 e. The number of nitrogens with one attached hydrogen (secondary N) is 1. The van der Waals surface area contributed by atoms with Crippen molar-refractivity contribution in [2.45, 2.75) is 11.8 Å². The third-order valence-corrected chi connectivity index (χ3v) is 5.52. The van der Waals surface area contributed by atoms with Crippen LogP contribution >= 0.6 is 11.6 Å². The van der Waals surface area contributed by atoms with Crippen molar-refractivity contribution in [2.75, 3.05) is 19.5 Å². The Morgan fingerprint density at radius 1 is 1.24 bits per heavy atom. The minimum Gasteiger partial charge on any atom is -0.322 e. The van der Waals surface area contributed by atoms with Crippen LogP contribution in [0.25, 0.3) is 0 Å². The van der Waals surface area contributed by atoms with Crippen LogP contribution in [0.3, 0.4) is 0 Å². The Bertz CT molecular complexity index is 918.